The Hall–Kier alpha value is -1.03. The standard InChI is InChI=1S/C13H17F3O/c1-3-12(2,9-17)8-10-4-6-11(7-5-10)13(14,15)16/h4-7,17H,3,8-9H2,1-2H3. The van der Waals surface area contributed by atoms with E-state index in [-0.39, 0.29) is 12.0 Å². The molecule has 0 fully saturated rings. The van der Waals surface area contributed by atoms with Gasteiger partial charge in [0.15, 0.2) is 0 Å². The minimum Gasteiger partial charge on any atom is -0.396 e. The van der Waals surface area contributed by atoms with E-state index >= 15 is 0 Å². The van der Waals surface area contributed by atoms with Crippen molar-refractivity contribution in [1.82, 2.24) is 0 Å². The van der Waals surface area contributed by atoms with E-state index in [2.05, 4.69) is 0 Å². The summed E-state index contributed by atoms with van der Waals surface area (Å²) in [6.45, 7) is 3.91. The molecule has 1 aromatic carbocycles. The second-order valence-electron chi connectivity index (χ2n) is 4.69. The smallest absolute Gasteiger partial charge is 0.396 e. The average Bonchev–Trinajstić information content (AvgIpc) is 2.28. The molecule has 0 aromatic heterocycles. The zero-order chi connectivity index (χ0) is 13.1. The van der Waals surface area contributed by atoms with Crippen LogP contribution in [0.2, 0.25) is 0 Å². The van der Waals surface area contributed by atoms with Crippen molar-refractivity contribution in [1.29, 1.82) is 0 Å². The lowest BCUT2D eigenvalue weighted by Crippen LogP contribution is -2.23. The molecule has 0 heterocycles. The summed E-state index contributed by atoms with van der Waals surface area (Å²) >= 11 is 0. The number of hydrogen-bond acceptors (Lipinski definition) is 1. The Bertz CT molecular complexity index is 350. The molecule has 4 heteroatoms. The van der Waals surface area contributed by atoms with Crippen molar-refractivity contribution in [2.45, 2.75) is 32.9 Å². The first-order chi connectivity index (χ1) is 7.80. The highest BCUT2D eigenvalue weighted by molar-refractivity contribution is 5.25. The maximum absolute atomic E-state index is 12.3. The molecule has 0 saturated heterocycles. The first-order valence-electron chi connectivity index (χ1n) is 5.58. The minimum absolute atomic E-state index is 0.0323. The third-order valence-corrected chi connectivity index (χ3v) is 3.15. The molecule has 0 spiro atoms. The van der Waals surface area contributed by atoms with Gasteiger partial charge in [-0.25, -0.2) is 0 Å². The van der Waals surface area contributed by atoms with Gasteiger partial charge in [-0.05, 0) is 36.0 Å². The summed E-state index contributed by atoms with van der Waals surface area (Å²) in [5, 5.41) is 9.25. The van der Waals surface area contributed by atoms with Crippen LogP contribution < -0.4 is 0 Å². The van der Waals surface area contributed by atoms with Crippen molar-refractivity contribution in [3.05, 3.63) is 35.4 Å². The molecule has 0 aliphatic heterocycles. The van der Waals surface area contributed by atoms with Gasteiger partial charge >= 0.3 is 6.18 Å². The second kappa shape index (κ2) is 5.08. The zero-order valence-electron chi connectivity index (χ0n) is 10.0. The van der Waals surface area contributed by atoms with E-state index in [1.54, 1.807) is 0 Å². The third-order valence-electron chi connectivity index (χ3n) is 3.15. The van der Waals surface area contributed by atoms with E-state index in [1.807, 2.05) is 13.8 Å². The van der Waals surface area contributed by atoms with Gasteiger partial charge in [0, 0.05) is 6.61 Å². The number of benzene rings is 1. The van der Waals surface area contributed by atoms with Crippen LogP contribution >= 0.6 is 0 Å². The van der Waals surface area contributed by atoms with Crippen molar-refractivity contribution in [3.63, 3.8) is 0 Å². The van der Waals surface area contributed by atoms with E-state index in [0.717, 1.165) is 24.1 Å². The minimum atomic E-state index is -4.29. The van der Waals surface area contributed by atoms with Crippen LogP contribution in [0.4, 0.5) is 13.2 Å². The molecule has 0 bridgehead atoms. The molecule has 96 valence electrons. The molecular formula is C13H17F3O. The van der Waals surface area contributed by atoms with Crippen molar-refractivity contribution in [3.8, 4) is 0 Å². The van der Waals surface area contributed by atoms with Gasteiger partial charge in [0.25, 0.3) is 0 Å². The predicted octanol–water partition coefficient (Wildman–Crippen LogP) is 3.66. The first kappa shape index (κ1) is 14.0. The Kier molecular flexibility index (Phi) is 4.20. The Morgan fingerprint density at radius 3 is 2.00 bits per heavy atom. The van der Waals surface area contributed by atoms with Crippen LogP contribution in [0.1, 0.15) is 31.4 Å². The summed E-state index contributed by atoms with van der Waals surface area (Å²) in [4.78, 5) is 0. The molecule has 0 amide bonds. The number of rotatable bonds is 4. The molecule has 1 aromatic rings. The topological polar surface area (TPSA) is 20.2 Å². The Balaban J connectivity index is 2.82. The molecular weight excluding hydrogens is 229 g/mol. The number of halogens is 3. The number of aliphatic hydroxyl groups is 1. The van der Waals surface area contributed by atoms with Gasteiger partial charge in [0.05, 0.1) is 5.56 Å². The summed E-state index contributed by atoms with van der Waals surface area (Å²) in [5.74, 6) is 0. The summed E-state index contributed by atoms with van der Waals surface area (Å²) < 4.78 is 37.0. The monoisotopic (exact) mass is 246 g/mol. The highest BCUT2D eigenvalue weighted by atomic mass is 19.4. The summed E-state index contributed by atoms with van der Waals surface area (Å²) in [5.41, 5.74) is -0.0837. The van der Waals surface area contributed by atoms with Gasteiger partial charge in [0.1, 0.15) is 0 Å². The quantitative estimate of drug-likeness (QED) is 0.859. The van der Waals surface area contributed by atoms with E-state index in [4.69, 9.17) is 0 Å². The Labute approximate surface area is 99.3 Å². The van der Waals surface area contributed by atoms with Crippen LogP contribution in [0.5, 0.6) is 0 Å². The molecule has 1 N–H and O–H groups in total. The summed E-state index contributed by atoms with van der Waals surface area (Å²) in [6, 6.07) is 5.13. The fourth-order valence-corrected chi connectivity index (χ4v) is 1.60. The number of aliphatic hydroxyl groups excluding tert-OH is 1. The number of hydrogen-bond donors (Lipinski definition) is 1. The highest BCUT2D eigenvalue weighted by Gasteiger charge is 2.30. The highest BCUT2D eigenvalue weighted by Crippen LogP contribution is 2.31. The fourth-order valence-electron chi connectivity index (χ4n) is 1.60. The molecule has 0 radical (unpaired) electrons. The van der Waals surface area contributed by atoms with Crippen LogP contribution in [0.25, 0.3) is 0 Å². The molecule has 0 saturated carbocycles. The maximum atomic E-state index is 12.3. The lowest BCUT2D eigenvalue weighted by Gasteiger charge is -2.25. The summed E-state index contributed by atoms with van der Waals surface area (Å²) in [7, 11) is 0. The molecule has 1 nitrogen and oxygen atoms in total. The van der Waals surface area contributed by atoms with E-state index in [0.29, 0.717) is 6.42 Å². The number of alkyl halides is 3. The van der Waals surface area contributed by atoms with Crippen LogP contribution in [0.15, 0.2) is 24.3 Å². The van der Waals surface area contributed by atoms with E-state index in [1.165, 1.54) is 12.1 Å². The van der Waals surface area contributed by atoms with Crippen molar-refractivity contribution >= 4 is 0 Å². The second-order valence-corrected chi connectivity index (χ2v) is 4.69. The predicted molar refractivity (Wildman–Crippen MR) is 60.6 cm³/mol. The fraction of sp³-hybridized carbons (Fsp3) is 0.538. The van der Waals surface area contributed by atoms with Crippen molar-refractivity contribution in [2.24, 2.45) is 5.41 Å². The molecule has 1 atom stereocenters. The summed E-state index contributed by atoms with van der Waals surface area (Å²) in [6.07, 6.45) is -2.92. The Morgan fingerprint density at radius 2 is 1.65 bits per heavy atom. The lowest BCUT2D eigenvalue weighted by molar-refractivity contribution is -0.137. The van der Waals surface area contributed by atoms with Crippen LogP contribution in [0.3, 0.4) is 0 Å². The van der Waals surface area contributed by atoms with Gasteiger partial charge in [-0.15, -0.1) is 0 Å². The van der Waals surface area contributed by atoms with Gasteiger partial charge in [-0.1, -0.05) is 26.0 Å². The molecule has 1 unspecified atom stereocenters. The first-order valence-corrected chi connectivity index (χ1v) is 5.58. The SMILES string of the molecule is CCC(C)(CO)Cc1ccc(C(F)(F)F)cc1. The van der Waals surface area contributed by atoms with Crippen LogP contribution in [-0.4, -0.2) is 11.7 Å². The van der Waals surface area contributed by atoms with Gasteiger partial charge in [-0.3, -0.25) is 0 Å². The third kappa shape index (κ3) is 3.73. The van der Waals surface area contributed by atoms with Gasteiger partial charge < -0.3 is 5.11 Å². The molecule has 17 heavy (non-hydrogen) atoms. The normalized spacial score (nSPS) is 15.6. The molecule has 1 rings (SSSR count). The van der Waals surface area contributed by atoms with E-state index in [9.17, 15) is 18.3 Å². The van der Waals surface area contributed by atoms with Crippen molar-refractivity contribution in [2.75, 3.05) is 6.61 Å². The molecule has 0 aliphatic rings. The average molecular weight is 246 g/mol. The van der Waals surface area contributed by atoms with Crippen LogP contribution in [0, 0.1) is 5.41 Å². The van der Waals surface area contributed by atoms with Crippen molar-refractivity contribution < 1.29 is 18.3 Å². The van der Waals surface area contributed by atoms with Gasteiger partial charge in [0.2, 0.25) is 0 Å². The maximum Gasteiger partial charge on any atom is 0.416 e. The molecule has 0 aliphatic carbocycles. The van der Waals surface area contributed by atoms with Crippen LogP contribution in [-0.2, 0) is 12.6 Å². The largest absolute Gasteiger partial charge is 0.416 e. The van der Waals surface area contributed by atoms with E-state index < -0.39 is 11.7 Å². The Morgan fingerprint density at radius 1 is 1.12 bits per heavy atom. The lowest BCUT2D eigenvalue weighted by atomic mass is 9.82. The van der Waals surface area contributed by atoms with Gasteiger partial charge in [-0.2, -0.15) is 13.2 Å². The zero-order valence-corrected chi connectivity index (χ0v) is 10.0.